The van der Waals surface area contributed by atoms with Crippen LogP contribution < -0.4 is 14.4 Å². The fourth-order valence-corrected chi connectivity index (χ4v) is 5.74. The Morgan fingerprint density at radius 1 is 1.08 bits per heavy atom. The molecule has 0 aliphatic heterocycles. The van der Waals surface area contributed by atoms with Gasteiger partial charge in [-0.3, -0.25) is 13.9 Å². The van der Waals surface area contributed by atoms with Crippen LogP contribution >= 0.6 is 23.2 Å². The number of methoxy groups -OCH3 is 1. The molecule has 1 atom stereocenters. The lowest BCUT2D eigenvalue weighted by atomic mass is 9.95. The minimum absolute atomic E-state index is 0.0499. The molecule has 8 nitrogen and oxygen atoms in total. The SMILES string of the molecule is COc1cccc(N(CC(=O)N(Cc2c(Cl)cccc2Cl)C(C)C(=O)NC2CCCCC2)S(C)(=O)=O)c1. The fraction of sp³-hybridized carbons (Fsp3) is 0.462. The molecule has 202 valence electrons. The minimum atomic E-state index is -3.85. The van der Waals surface area contributed by atoms with Gasteiger partial charge in [-0.25, -0.2) is 8.42 Å². The maximum Gasteiger partial charge on any atom is 0.244 e. The summed E-state index contributed by atoms with van der Waals surface area (Å²) in [4.78, 5) is 28.3. The molecule has 1 N–H and O–H groups in total. The van der Waals surface area contributed by atoms with Crippen LogP contribution in [0.15, 0.2) is 42.5 Å². The highest BCUT2D eigenvalue weighted by atomic mass is 35.5. The van der Waals surface area contributed by atoms with E-state index in [0.717, 1.165) is 42.7 Å². The van der Waals surface area contributed by atoms with Crippen molar-refractivity contribution in [2.45, 2.75) is 57.7 Å². The lowest BCUT2D eigenvalue weighted by molar-refractivity contribution is -0.139. The van der Waals surface area contributed by atoms with Crippen molar-refractivity contribution >= 4 is 50.7 Å². The summed E-state index contributed by atoms with van der Waals surface area (Å²) in [5, 5.41) is 3.74. The van der Waals surface area contributed by atoms with Gasteiger partial charge in [0.05, 0.1) is 19.1 Å². The Kier molecular flexibility index (Phi) is 10.1. The lowest BCUT2D eigenvalue weighted by Gasteiger charge is -2.33. The Morgan fingerprint density at radius 2 is 1.70 bits per heavy atom. The number of rotatable bonds is 10. The third-order valence-electron chi connectivity index (χ3n) is 6.53. The van der Waals surface area contributed by atoms with Gasteiger partial charge in [-0.1, -0.05) is 54.6 Å². The van der Waals surface area contributed by atoms with E-state index in [1.807, 2.05) is 0 Å². The molecule has 37 heavy (non-hydrogen) atoms. The van der Waals surface area contributed by atoms with Gasteiger partial charge in [0.15, 0.2) is 0 Å². The molecule has 1 fully saturated rings. The molecule has 2 aromatic carbocycles. The predicted octanol–water partition coefficient (Wildman–Crippen LogP) is 4.63. The van der Waals surface area contributed by atoms with Crippen LogP contribution in [-0.4, -0.2) is 57.1 Å². The predicted molar refractivity (Wildman–Crippen MR) is 147 cm³/mol. The number of carbonyl (C=O) groups excluding carboxylic acids is 2. The summed E-state index contributed by atoms with van der Waals surface area (Å²) in [5.41, 5.74) is 0.744. The number of nitrogens with zero attached hydrogens (tertiary/aromatic N) is 2. The van der Waals surface area contributed by atoms with Crippen molar-refractivity contribution in [3.8, 4) is 5.75 Å². The summed E-state index contributed by atoms with van der Waals surface area (Å²) in [5.74, 6) is -0.440. The summed E-state index contributed by atoms with van der Waals surface area (Å²) in [6.45, 7) is 1.04. The van der Waals surface area contributed by atoms with Crippen LogP contribution in [0.5, 0.6) is 5.75 Å². The number of hydrogen-bond acceptors (Lipinski definition) is 5. The molecule has 2 amide bonds. The van der Waals surface area contributed by atoms with E-state index in [-0.39, 0.29) is 24.2 Å². The number of benzene rings is 2. The molecular weight excluding hydrogens is 537 g/mol. The number of carbonyl (C=O) groups is 2. The second kappa shape index (κ2) is 12.8. The number of ether oxygens (including phenoxy) is 1. The highest BCUT2D eigenvalue weighted by Gasteiger charge is 2.32. The van der Waals surface area contributed by atoms with Crippen molar-refractivity contribution in [1.82, 2.24) is 10.2 Å². The highest BCUT2D eigenvalue weighted by molar-refractivity contribution is 7.92. The van der Waals surface area contributed by atoms with Gasteiger partial charge in [-0.05, 0) is 44.0 Å². The van der Waals surface area contributed by atoms with E-state index in [0.29, 0.717) is 21.4 Å². The molecule has 0 saturated heterocycles. The van der Waals surface area contributed by atoms with E-state index >= 15 is 0 Å². The van der Waals surface area contributed by atoms with Crippen molar-refractivity contribution in [1.29, 1.82) is 0 Å². The van der Waals surface area contributed by atoms with Gasteiger partial charge in [-0.2, -0.15) is 0 Å². The van der Waals surface area contributed by atoms with Crippen LogP contribution in [0.25, 0.3) is 0 Å². The zero-order valence-corrected chi connectivity index (χ0v) is 23.6. The number of anilines is 1. The Morgan fingerprint density at radius 3 is 2.30 bits per heavy atom. The summed E-state index contributed by atoms with van der Waals surface area (Å²) >= 11 is 12.8. The number of amides is 2. The third-order valence-corrected chi connectivity index (χ3v) is 8.38. The van der Waals surface area contributed by atoms with Crippen molar-refractivity contribution in [3.05, 3.63) is 58.1 Å². The molecule has 0 heterocycles. The maximum absolute atomic E-state index is 13.7. The van der Waals surface area contributed by atoms with Gasteiger partial charge in [0, 0.05) is 34.3 Å². The Bertz CT molecular complexity index is 1200. The molecule has 1 aliphatic carbocycles. The first-order chi connectivity index (χ1) is 17.5. The Hall–Kier alpha value is -2.49. The normalized spacial score (nSPS) is 15.1. The highest BCUT2D eigenvalue weighted by Crippen LogP contribution is 2.28. The molecule has 0 bridgehead atoms. The first-order valence-corrected chi connectivity index (χ1v) is 14.8. The van der Waals surface area contributed by atoms with Crippen LogP contribution in [0.1, 0.15) is 44.6 Å². The quantitative estimate of drug-likeness (QED) is 0.449. The minimum Gasteiger partial charge on any atom is -0.497 e. The van der Waals surface area contributed by atoms with Crippen LogP contribution in [0.4, 0.5) is 5.69 Å². The van der Waals surface area contributed by atoms with Gasteiger partial charge in [0.2, 0.25) is 21.8 Å². The van der Waals surface area contributed by atoms with Gasteiger partial charge >= 0.3 is 0 Å². The summed E-state index contributed by atoms with van der Waals surface area (Å²) in [7, 11) is -2.38. The number of nitrogens with one attached hydrogen (secondary N) is 1. The second-order valence-electron chi connectivity index (χ2n) is 9.21. The second-order valence-corrected chi connectivity index (χ2v) is 11.9. The number of sulfonamides is 1. The van der Waals surface area contributed by atoms with Crippen molar-refractivity contribution in [3.63, 3.8) is 0 Å². The molecule has 11 heteroatoms. The van der Waals surface area contributed by atoms with Crippen molar-refractivity contribution < 1.29 is 22.7 Å². The lowest BCUT2D eigenvalue weighted by Crippen LogP contribution is -2.53. The molecule has 0 radical (unpaired) electrons. The number of halogens is 2. The van der Waals surface area contributed by atoms with Crippen molar-refractivity contribution in [2.75, 3.05) is 24.2 Å². The molecular formula is C26H33Cl2N3O5S. The monoisotopic (exact) mass is 569 g/mol. The van der Waals surface area contributed by atoms with E-state index in [1.165, 1.54) is 18.1 Å². The largest absolute Gasteiger partial charge is 0.497 e. The molecule has 3 rings (SSSR count). The summed E-state index contributed by atoms with van der Waals surface area (Å²) in [6, 6.07) is 10.6. The molecule has 1 unspecified atom stereocenters. The smallest absolute Gasteiger partial charge is 0.244 e. The first-order valence-electron chi connectivity index (χ1n) is 12.2. The van der Waals surface area contributed by atoms with Crippen LogP contribution in [0.3, 0.4) is 0 Å². The zero-order valence-electron chi connectivity index (χ0n) is 21.2. The molecule has 0 spiro atoms. The number of hydrogen-bond donors (Lipinski definition) is 1. The van der Waals surface area contributed by atoms with Gasteiger partial charge in [-0.15, -0.1) is 0 Å². The van der Waals surface area contributed by atoms with E-state index in [4.69, 9.17) is 27.9 Å². The third kappa shape index (κ3) is 7.75. The van der Waals surface area contributed by atoms with Gasteiger partial charge in [0.25, 0.3) is 0 Å². The molecule has 1 aliphatic rings. The fourth-order valence-electron chi connectivity index (χ4n) is 4.38. The average molecular weight is 571 g/mol. The average Bonchev–Trinajstić information content (AvgIpc) is 2.86. The van der Waals surface area contributed by atoms with E-state index < -0.39 is 28.5 Å². The Labute approximate surface area is 228 Å². The first kappa shape index (κ1) is 29.1. The topological polar surface area (TPSA) is 96.0 Å². The molecule has 2 aromatic rings. The van der Waals surface area contributed by atoms with Crippen molar-refractivity contribution in [2.24, 2.45) is 0 Å². The Balaban J connectivity index is 1.92. The van der Waals surface area contributed by atoms with E-state index in [2.05, 4.69) is 5.32 Å². The van der Waals surface area contributed by atoms with Gasteiger partial charge in [0.1, 0.15) is 18.3 Å². The summed E-state index contributed by atoms with van der Waals surface area (Å²) in [6.07, 6.45) is 6.03. The zero-order chi connectivity index (χ0) is 27.2. The van der Waals surface area contributed by atoms with Gasteiger partial charge < -0.3 is 15.0 Å². The van der Waals surface area contributed by atoms with E-state index in [9.17, 15) is 18.0 Å². The van der Waals surface area contributed by atoms with Crippen LogP contribution in [-0.2, 0) is 26.2 Å². The molecule has 1 saturated carbocycles. The van der Waals surface area contributed by atoms with Crippen LogP contribution in [0.2, 0.25) is 10.0 Å². The summed E-state index contributed by atoms with van der Waals surface area (Å²) < 4.78 is 31.6. The van der Waals surface area contributed by atoms with E-state index in [1.54, 1.807) is 43.3 Å². The standard InChI is InChI=1S/C26H33Cl2N3O5S/c1-18(26(33)29-19-9-5-4-6-10-19)30(16-22-23(27)13-8-14-24(22)28)25(32)17-31(37(3,34)35)20-11-7-12-21(15-20)36-2/h7-8,11-15,18-19H,4-6,9-10,16-17H2,1-3H3,(H,29,33). The maximum atomic E-state index is 13.7. The molecule has 0 aromatic heterocycles. The van der Waals surface area contributed by atoms with Crippen LogP contribution in [0, 0.1) is 0 Å².